The van der Waals surface area contributed by atoms with E-state index in [1.807, 2.05) is 0 Å². The quantitative estimate of drug-likeness (QED) is 0.596. The highest BCUT2D eigenvalue weighted by Gasteiger charge is 2.16. The number of benzene rings is 2. The lowest BCUT2D eigenvalue weighted by Gasteiger charge is -2.12. The largest absolute Gasteiger partial charge is 0.496 e. The molecule has 0 aliphatic carbocycles. The fraction of sp³-hybridized carbons (Fsp3) is 0.0769. The van der Waals surface area contributed by atoms with Gasteiger partial charge in [0.25, 0.3) is 0 Å². The molecule has 0 saturated carbocycles. The predicted octanol–water partition coefficient (Wildman–Crippen LogP) is 5.68. The molecule has 5 heteroatoms. The van der Waals surface area contributed by atoms with E-state index in [2.05, 4.69) is 31.9 Å². The first kappa shape index (κ1) is 13.8. The summed E-state index contributed by atoms with van der Waals surface area (Å²) < 4.78 is 20.5. The third-order valence-electron chi connectivity index (χ3n) is 2.47. The molecule has 1 nitrogen and oxygen atoms in total. The van der Waals surface area contributed by atoms with E-state index >= 15 is 0 Å². The van der Waals surface area contributed by atoms with Crippen LogP contribution >= 0.6 is 43.5 Å². The number of hydrogen-bond acceptors (Lipinski definition) is 1. The first-order valence-corrected chi connectivity index (χ1v) is 6.98. The summed E-state index contributed by atoms with van der Waals surface area (Å²) in [6.07, 6.45) is 0. The van der Waals surface area contributed by atoms with Crippen LogP contribution in [0.15, 0.2) is 39.3 Å². The highest BCUT2D eigenvalue weighted by molar-refractivity contribution is 9.11. The summed E-state index contributed by atoms with van der Waals surface area (Å²) in [5.41, 5.74) is 1.03. The molecule has 18 heavy (non-hydrogen) atoms. The van der Waals surface area contributed by atoms with Crippen LogP contribution in [0.1, 0.15) is 0 Å². The molecule has 0 radical (unpaired) electrons. The van der Waals surface area contributed by atoms with Crippen molar-refractivity contribution in [2.24, 2.45) is 0 Å². The monoisotopic (exact) mass is 392 g/mol. The molecule has 0 spiro atoms. The van der Waals surface area contributed by atoms with Gasteiger partial charge in [-0.2, -0.15) is 0 Å². The summed E-state index contributed by atoms with van der Waals surface area (Å²) in [6, 6.07) is 8.50. The molecule has 0 aliphatic rings. The second-order valence-corrected chi connectivity index (χ2v) is 5.71. The molecule has 0 unspecified atom stereocenters. The standard InChI is InChI=1S/C13H8Br2ClFO/c1-18-11-5-2-7(16)6-8(11)12-9(14)3-4-10(15)13(12)17/h2-6H,1H3. The molecular formula is C13H8Br2ClFO. The van der Waals surface area contributed by atoms with E-state index < -0.39 is 0 Å². The first-order valence-electron chi connectivity index (χ1n) is 5.02. The van der Waals surface area contributed by atoms with Gasteiger partial charge in [0, 0.05) is 20.6 Å². The Balaban J connectivity index is 2.76. The smallest absolute Gasteiger partial charge is 0.146 e. The normalized spacial score (nSPS) is 10.5. The van der Waals surface area contributed by atoms with Gasteiger partial charge >= 0.3 is 0 Å². The van der Waals surface area contributed by atoms with Crippen LogP contribution in [0.25, 0.3) is 11.1 Å². The Morgan fingerprint density at radius 1 is 1.11 bits per heavy atom. The van der Waals surface area contributed by atoms with E-state index in [9.17, 15) is 4.39 Å². The third kappa shape index (κ3) is 2.56. The predicted molar refractivity (Wildman–Crippen MR) is 78.8 cm³/mol. The number of rotatable bonds is 2. The number of ether oxygens (including phenoxy) is 1. The number of methoxy groups -OCH3 is 1. The molecule has 0 fully saturated rings. The maximum atomic E-state index is 14.2. The molecule has 0 bridgehead atoms. The van der Waals surface area contributed by atoms with Gasteiger partial charge in [-0.25, -0.2) is 4.39 Å². The average Bonchev–Trinajstić information content (AvgIpc) is 2.35. The zero-order valence-corrected chi connectivity index (χ0v) is 13.2. The van der Waals surface area contributed by atoms with Crippen LogP contribution in [0.4, 0.5) is 4.39 Å². The number of hydrogen-bond donors (Lipinski definition) is 0. The van der Waals surface area contributed by atoms with E-state index in [0.29, 0.717) is 30.8 Å². The highest BCUT2D eigenvalue weighted by atomic mass is 79.9. The van der Waals surface area contributed by atoms with Gasteiger partial charge in [-0.15, -0.1) is 0 Å². The second kappa shape index (κ2) is 5.59. The van der Waals surface area contributed by atoms with Crippen molar-refractivity contribution in [2.45, 2.75) is 0 Å². The van der Waals surface area contributed by atoms with Crippen LogP contribution in [0.2, 0.25) is 5.02 Å². The van der Waals surface area contributed by atoms with Gasteiger partial charge in [-0.1, -0.05) is 27.5 Å². The van der Waals surface area contributed by atoms with Gasteiger partial charge in [-0.05, 0) is 46.3 Å². The molecule has 0 saturated heterocycles. The first-order chi connectivity index (χ1) is 8.54. The highest BCUT2D eigenvalue weighted by Crippen LogP contribution is 2.40. The Hall–Kier alpha value is -0.580. The molecule has 0 N–H and O–H groups in total. The zero-order valence-electron chi connectivity index (χ0n) is 9.31. The Labute approximate surface area is 126 Å². The van der Waals surface area contributed by atoms with Gasteiger partial charge in [0.15, 0.2) is 0 Å². The van der Waals surface area contributed by atoms with Gasteiger partial charge in [0.2, 0.25) is 0 Å². The Morgan fingerprint density at radius 3 is 2.44 bits per heavy atom. The summed E-state index contributed by atoms with van der Waals surface area (Å²) in [4.78, 5) is 0. The van der Waals surface area contributed by atoms with Gasteiger partial charge in [0.05, 0.1) is 11.6 Å². The Morgan fingerprint density at radius 2 is 1.78 bits per heavy atom. The van der Waals surface area contributed by atoms with E-state index in [1.54, 1.807) is 30.3 Å². The SMILES string of the molecule is COc1ccc(Cl)cc1-c1c(Br)ccc(Br)c1F. The Bertz CT molecular complexity index is 602. The van der Waals surface area contributed by atoms with E-state index in [0.717, 1.165) is 0 Å². The van der Waals surface area contributed by atoms with Crippen molar-refractivity contribution in [2.75, 3.05) is 7.11 Å². The van der Waals surface area contributed by atoms with Crippen LogP contribution in [0.3, 0.4) is 0 Å². The van der Waals surface area contributed by atoms with Crippen molar-refractivity contribution >= 4 is 43.5 Å². The summed E-state index contributed by atoms with van der Waals surface area (Å²) >= 11 is 12.5. The van der Waals surface area contributed by atoms with Gasteiger partial charge < -0.3 is 4.74 Å². The lowest BCUT2D eigenvalue weighted by Crippen LogP contribution is -1.92. The lowest BCUT2D eigenvalue weighted by molar-refractivity contribution is 0.416. The van der Waals surface area contributed by atoms with Crippen LogP contribution in [0, 0.1) is 5.82 Å². The molecule has 0 atom stereocenters. The van der Waals surface area contributed by atoms with Crippen molar-refractivity contribution in [1.29, 1.82) is 0 Å². The summed E-state index contributed by atoms with van der Waals surface area (Å²) in [7, 11) is 1.54. The van der Waals surface area contributed by atoms with Crippen LogP contribution < -0.4 is 4.74 Å². The Kier molecular flexibility index (Phi) is 4.30. The maximum absolute atomic E-state index is 14.2. The molecule has 2 aromatic rings. The van der Waals surface area contributed by atoms with Crippen molar-refractivity contribution in [3.63, 3.8) is 0 Å². The summed E-state index contributed by atoms with van der Waals surface area (Å²) in [5, 5.41) is 0.525. The molecular weight excluding hydrogens is 386 g/mol. The van der Waals surface area contributed by atoms with Crippen molar-refractivity contribution in [3.8, 4) is 16.9 Å². The molecule has 0 aromatic heterocycles. The maximum Gasteiger partial charge on any atom is 0.146 e. The van der Waals surface area contributed by atoms with Gasteiger partial charge in [0.1, 0.15) is 11.6 Å². The molecule has 2 rings (SSSR count). The fourth-order valence-corrected chi connectivity index (χ4v) is 2.67. The summed E-state index contributed by atoms with van der Waals surface area (Å²) in [6.45, 7) is 0. The van der Waals surface area contributed by atoms with E-state index in [1.165, 1.54) is 7.11 Å². The van der Waals surface area contributed by atoms with E-state index in [-0.39, 0.29) is 5.82 Å². The number of halogens is 4. The van der Waals surface area contributed by atoms with Crippen molar-refractivity contribution in [1.82, 2.24) is 0 Å². The molecule has 0 amide bonds. The lowest BCUT2D eigenvalue weighted by atomic mass is 10.0. The van der Waals surface area contributed by atoms with Crippen LogP contribution in [-0.2, 0) is 0 Å². The fourth-order valence-electron chi connectivity index (χ4n) is 1.65. The summed E-state index contributed by atoms with van der Waals surface area (Å²) in [5.74, 6) is 0.210. The minimum absolute atomic E-state index is 0.357. The van der Waals surface area contributed by atoms with E-state index in [4.69, 9.17) is 16.3 Å². The molecule has 2 aromatic carbocycles. The van der Waals surface area contributed by atoms with Crippen molar-refractivity contribution in [3.05, 3.63) is 50.1 Å². The molecule has 0 heterocycles. The third-order valence-corrected chi connectivity index (χ3v) is 3.98. The zero-order chi connectivity index (χ0) is 13.3. The molecule has 0 aliphatic heterocycles. The van der Waals surface area contributed by atoms with Crippen LogP contribution in [-0.4, -0.2) is 7.11 Å². The average molecular weight is 394 g/mol. The topological polar surface area (TPSA) is 9.23 Å². The minimum atomic E-state index is -0.357. The minimum Gasteiger partial charge on any atom is -0.496 e. The van der Waals surface area contributed by atoms with Crippen LogP contribution in [0.5, 0.6) is 5.75 Å². The second-order valence-electron chi connectivity index (χ2n) is 3.56. The molecule has 94 valence electrons. The van der Waals surface area contributed by atoms with Gasteiger partial charge in [-0.3, -0.25) is 0 Å². The van der Waals surface area contributed by atoms with Crippen molar-refractivity contribution < 1.29 is 9.13 Å².